The van der Waals surface area contributed by atoms with Gasteiger partial charge in [-0.1, -0.05) is 58.3 Å². The van der Waals surface area contributed by atoms with Crippen molar-refractivity contribution in [3.05, 3.63) is 0 Å². The zero-order valence-electron chi connectivity index (χ0n) is 10.9. The maximum Gasteiger partial charge on any atom is 0.0540 e. The van der Waals surface area contributed by atoms with Crippen molar-refractivity contribution in [3.63, 3.8) is 0 Å². The fourth-order valence-corrected chi connectivity index (χ4v) is 2.14. The van der Waals surface area contributed by atoms with E-state index in [0.29, 0.717) is 0 Å². The Hall–Kier alpha value is 0.250. The smallest absolute Gasteiger partial charge is 0.0540 e. The molecule has 0 heterocycles. The van der Waals surface area contributed by atoms with Crippen LogP contribution in [-0.4, -0.2) is 17.1 Å². The van der Waals surface area contributed by atoms with Crippen molar-refractivity contribution in [3.8, 4) is 0 Å². The van der Waals surface area contributed by atoms with E-state index in [9.17, 15) is 5.11 Å². The Bertz CT molecular complexity index is 128. The summed E-state index contributed by atoms with van der Waals surface area (Å²) in [6.07, 6.45) is 13.1. The highest BCUT2D eigenvalue weighted by atomic mass is 35.5. The number of halogens is 1. The normalized spacial score (nSPS) is 12.9. The highest BCUT2D eigenvalue weighted by Crippen LogP contribution is 2.12. The Morgan fingerprint density at radius 3 is 1.88 bits per heavy atom. The molecule has 0 aliphatic heterocycles. The lowest BCUT2D eigenvalue weighted by atomic mass is 10.0. The van der Waals surface area contributed by atoms with Gasteiger partial charge in [0.1, 0.15) is 0 Å². The molecule has 0 bridgehead atoms. The number of unbranched alkanes of at least 4 members (excludes halogenated alkanes) is 7. The van der Waals surface area contributed by atoms with E-state index >= 15 is 0 Å². The molecule has 98 valence electrons. The highest BCUT2D eigenvalue weighted by molar-refractivity contribution is 6.17. The molecule has 1 N–H and O–H groups in total. The summed E-state index contributed by atoms with van der Waals surface area (Å²) in [5.41, 5.74) is 0. The molecule has 0 aromatic carbocycles. The van der Waals surface area contributed by atoms with E-state index in [1.165, 1.54) is 38.5 Å². The standard InChI is InChI=1S/C14H29ClO/c1-2-3-4-5-6-8-11-14(16)12-9-7-10-13-15/h14,16H,2-13H2,1H3. The van der Waals surface area contributed by atoms with Crippen LogP contribution in [0.15, 0.2) is 0 Å². The van der Waals surface area contributed by atoms with Gasteiger partial charge in [0.15, 0.2) is 0 Å². The van der Waals surface area contributed by atoms with E-state index in [1.807, 2.05) is 0 Å². The zero-order valence-corrected chi connectivity index (χ0v) is 11.6. The molecule has 1 unspecified atom stereocenters. The summed E-state index contributed by atoms with van der Waals surface area (Å²) in [4.78, 5) is 0. The van der Waals surface area contributed by atoms with E-state index < -0.39 is 0 Å². The predicted molar refractivity (Wildman–Crippen MR) is 73.2 cm³/mol. The van der Waals surface area contributed by atoms with E-state index in [1.54, 1.807) is 0 Å². The van der Waals surface area contributed by atoms with Crippen LogP contribution >= 0.6 is 11.6 Å². The second-order valence-corrected chi connectivity index (χ2v) is 5.13. The molecular formula is C14H29ClO. The lowest BCUT2D eigenvalue weighted by Gasteiger charge is -2.09. The topological polar surface area (TPSA) is 20.2 Å². The first-order valence-corrected chi connectivity index (χ1v) is 7.58. The number of hydrogen-bond acceptors (Lipinski definition) is 1. The summed E-state index contributed by atoms with van der Waals surface area (Å²) in [5, 5.41) is 9.72. The van der Waals surface area contributed by atoms with E-state index in [4.69, 9.17) is 11.6 Å². The van der Waals surface area contributed by atoms with Gasteiger partial charge in [-0.3, -0.25) is 0 Å². The van der Waals surface area contributed by atoms with Gasteiger partial charge in [0.2, 0.25) is 0 Å². The molecule has 0 saturated heterocycles. The summed E-state index contributed by atoms with van der Waals surface area (Å²) in [6.45, 7) is 2.24. The Kier molecular flexibility index (Phi) is 13.5. The first kappa shape index (κ1) is 16.2. The third kappa shape index (κ3) is 12.3. The minimum atomic E-state index is -0.0681. The van der Waals surface area contributed by atoms with Gasteiger partial charge in [-0.2, -0.15) is 0 Å². The van der Waals surface area contributed by atoms with Crippen molar-refractivity contribution in [2.24, 2.45) is 0 Å². The quantitative estimate of drug-likeness (QED) is 0.385. The van der Waals surface area contributed by atoms with Crippen molar-refractivity contribution in [2.45, 2.75) is 83.7 Å². The van der Waals surface area contributed by atoms with Crippen LogP contribution in [0.2, 0.25) is 0 Å². The maximum atomic E-state index is 9.72. The first-order valence-electron chi connectivity index (χ1n) is 7.05. The van der Waals surface area contributed by atoms with Gasteiger partial charge in [-0.25, -0.2) is 0 Å². The molecular weight excluding hydrogens is 220 g/mol. The van der Waals surface area contributed by atoms with Crippen LogP contribution in [0.25, 0.3) is 0 Å². The lowest BCUT2D eigenvalue weighted by molar-refractivity contribution is 0.147. The minimum Gasteiger partial charge on any atom is -0.393 e. The Balaban J connectivity index is 3.08. The number of alkyl halides is 1. The molecule has 0 radical (unpaired) electrons. The number of aliphatic hydroxyl groups excluding tert-OH is 1. The van der Waals surface area contributed by atoms with Gasteiger partial charge in [0.25, 0.3) is 0 Å². The molecule has 0 rings (SSSR count). The monoisotopic (exact) mass is 248 g/mol. The molecule has 1 nitrogen and oxygen atoms in total. The van der Waals surface area contributed by atoms with Gasteiger partial charge in [-0.15, -0.1) is 11.6 Å². The van der Waals surface area contributed by atoms with Crippen LogP contribution in [0.3, 0.4) is 0 Å². The molecule has 0 aliphatic rings. The fraction of sp³-hybridized carbons (Fsp3) is 1.00. The van der Waals surface area contributed by atoms with Gasteiger partial charge in [0.05, 0.1) is 6.10 Å². The van der Waals surface area contributed by atoms with Crippen LogP contribution in [0.4, 0.5) is 0 Å². The SMILES string of the molecule is CCCCCCCCC(O)CCCCCCl. The van der Waals surface area contributed by atoms with Crippen molar-refractivity contribution in [1.82, 2.24) is 0 Å². The second kappa shape index (κ2) is 13.3. The molecule has 0 aliphatic carbocycles. The van der Waals surface area contributed by atoms with Crippen LogP contribution in [-0.2, 0) is 0 Å². The highest BCUT2D eigenvalue weighted by Gasteiger charge is 2.03. The van der Waals surface area contributed by atoms with E-state index in [0.717, 1.165) is 38.0 Å². The molecule has 0 spiro atoms. The molecule has 2 heteroatoms. The number of rotatable bonds is 12. The van der Waals surface area contributed by atoms with Crippen molar-refractivity contribution >= 4 is 11.6 Å². The average Bonchev–Trinajstić information content (AvgIpc) is 2.29. The largest absolute Gasteiger partial charge is 0.393 e. The van der Waals surface area contributed by atoms with E-state index in [2.05, 4.69) is 6.92 Å². The lowest BCUT2D eigenvalue weighted by Crippen LogP contribution is -2.05. The third-order valence-corrected chi connectivity index (χ3v) is 3.33. The summed E-state index contributed by atoms with van der Waals surface area (Å²) < 4.78 is 0. The predicted octanol–water partition coefficient (Wildman–Crippen LogP) is 4.90. The summed E-state index contributed by atoms with van der Waals surface area (Å²) in [5.74, 6) is 0.757. The Morgan fingerprint density at radius 2 is 1.31 bits per heavy atom. The summed E-state index contributed by atoms with van der Waals surface area (Å²) in [7, 11) is 0. The van der Waals surface area contributed by atoms with Gasteiger partial charge >= 0.3 is 0 Å². The maximum absolute atomic E-state index is 9.72. The molecule has 16 heavy (non-hydrogen) atoms. The minimum absolute atomic E-state index is 0.0681. The molecule has 0 aromatic heterocycles. The van der Waals surface area contributed by atoms with Gasteiger partial charge < -0.3 is 5.11 Å². The molecule has 0 fully saturated rings. The van der Waals surface area contributed by atoms with E-state index in [-0.39, 0.29) is 6.10 Å². The van der Waals surface area contributed by atoms with Gasteiger partial charge in [0, 0.05) is 5.88 Å². The van der Waals surface area contributed by atoms with Crippen LogP contribution in [0, 0.1) is 0 Å². The Labute approximate surface area is 107 Å². The molecule has 0 saturated carbocycles. The number of aliphatic hydroxyl groups is 1. The third-order valence-electron chi connectivity index (χ3n) is 3.06. The van der Waals surface area contributed by atoms with Crippen molar-refractivity contribution in [2.75, 3.05) is 5.88 Å². The second-order valence-electron chi connectivity index (χ2n) is 4.75. The molecule has 0 aromatic rings. The molecule has 0 amide bonds. The summed E-state index contributed by atoms with van der Waals surface area (Å²) >= 11 is 5.60. The van der Waals surface area contributed by atoms with Gasteiger partial charge in [-0.05, 0) is 19.3 Å². The Morgan fingerprint density at radius 1 is 0.812 bits per heavy atom. The van der Waals surface area contributed by atoms with Crippen molar-refractivity contribution in [1.29, 1.82) is 0 Å². The fourth-order valence-electron chi connectivity index (χ4n) is 1.96. The number of hydrogen-bond donors (Lipinski definition) is 1. The zero-order chi connectivity index (χ0) is 12.1. The van der Waals surface area contributed by atoms with Crippen LogP contribution in [0.5, 0.6) is 0 Å². The molecule has 1 atom stereocenters. The van der Waals surface area contributed by atoms with Crippen LogP contribution < -0.4 is 0 Å². The van der Waals surface area contributed by atoms with Crippen molar-refractivity contribution < 1.29 is 5.11 Å². The van der Waals surface area contributed by atoms with Crippen LogP contribution in [0.1, 0.15) is 77.6 Å². The first-order chi connectivity index (χ1) is 7.81. The average molecular weight is 249 g/mol. The summed E-state index contributed by atoms with van der Waals surface area (Å²) in [6, 6.07) is 0.